The summed E-state index contributed by atoms with van der Waals surface area (Å²) in [7, 11) is 3.18. The van der Waals surface area contributed by atoms with Gasteiger partial charge in [-0.15, -0.1) is 5.10 Å². The summed E-state index contributed by atoms with van der Waals surface area (Å²) in [6.07, 6.45) is 1.56. The Labute approximate surface area is 196 Å². The summed E-state index contributed by atoms with van der Waals surface area (Å²) in [5.41, 5.74) is 2.51. The highest BCUT2D eigenvalue weighted by atomic mass is 16.5. The Morgan fingerprint density at radius 3 is 2.62 bits per heavy atom. The van der Waals surface area contributed by atoms with Crippen molar-refractivity contribution < 1.29 is 18.7 Å². The van der Waals surface area contributed by atoms with Crippen LogP contribution in [-0.2, 0) is 4.79 Å². The molecular formula is C25H23N5O4. The Balaban J connectivity index is 1.67. The van der Waals surface area contributed by atoms with Crippen LogP contribution < -0.4 is 20.1 Å². The lowest BCUT2D eigenvalue weighted by Gasteiger charge is -2.29. The number of allylic oxidation sites excluding steroid dienone is 1. The summed E-state index contributed by atoms with van der Waals surface area (Å²) in [5, 5.41) is 10.9. The van der Waals surface area contributed by atoms with Crippen LogP contribution in [0.4, 0.5) is 11.6 Å². The Bertz CT molecular complexity index is 1360. The first-order valence-electron chi connectivity index (χ1n) is 10.7. The average Bonchev–Trinajstić information content (AvgIpc) is 3.53. The van der Waals surface area contributed by atoms with E-state index < -0.39 is 6.04 Å². The number of para-hydroxylation sites is 1. The molecule has 0 fully saturated rings. The first-order valence-corrected chi connectivity index (χ1v) is 10.7. The van der Waals surface area contributed by atoms with Crippen LogP contribution in [0.3, 0.4) is 0 Å². The van der Waals surface area contributed by atoms with E-state index in [2.05, 4.69) is 15.6 Å². The monoisotopic (exact) mass is 457 g/mol. The molecule has 0 radical (unpaired) electrons. The molecule has 9 nitrogen and oxygen atoms in total. The number of benzene rings is 2. The lowest BCUT2D eigenvalue weighted by molar-refractivity contribution is -0.113. The number of fused-ring (bicyclic) bond motifs is 1. The lowest BCUT2D eigenvalue weighted by Crippen LogP contribution is -2.31. The van der Waals surface area contributed by atoms with Gasteiger partial charge in [0.25, 0.3) is 5.91 Å². The maximum absolute atomic E-state index is 13.6. The number of anilines is 2. The minimum Gasteiger partial charge on any atom is -0.497 e. The minimum absolute atomic E-state index is 0.272. The molecular weight excluding hydrogens is 434 g/mol. The van der Waals surface area contributed by atoms with E-state index in [1.54, 1.807) is 43.4 Å². The van der Waals surface area contributed by atoms with Crippen LogP contribution in [0.25, 0.3) is 11.6 Å². The maximum atomic E-state index is 13.6. The largest absolute Gasteiger partial charge is 0.497 e. The number of carbonyl (C=O) groups is 1. The number of nitrogens with zero attached hydrogens (tertiary/aromatic N) is 3. The number of rotatable bonds is 6. The Morgan fingerprint density at radius 2 is 1.91 bits per heavy atom. The van der Waals surface area contributed by atoms with Crippen molar-refractivity contribution in [2.45, 2.75) is 13.0 Å². The molecule has 1 atom stereocenters. The summed E-state index contributed by atoms with van der Waals surface area (Å²) < 4.78 is 18.3. The van der Waals surface area contributed by atoms with Crippen molar-refractivity contribution in [1.29, 1.82) is 0 Å². The van der Waals surface area contributed by atoms with E-state index in [4.69, 9.17) is 19.0 Å². The van der Waals surface area contributed by atoms with Gasteiger partial charge in [0, 0.05) is 16.9 Å². The molecule has 1 aliphatic heterocycles. The molecule has 1 amide bonds. The maximum Gasteiger partial charge on any atom is 0.255 e. The number of hydrogen-bond acceptors (Lipinski definition) is 7. The van der Waals surface area contributed by atoms with Crippen LogP contribution in [0.1, 0.15) is 18.5 Å². The highest BCUT2D eigenvalue weighted by molar-refractivity contribution is 6.06. The minimum atomic E-state index is -0.638. The summed E-state index contributed by atoms with van der Waals surface area (Å²) in [6.45, 7) is 1.84. The van der Waals surface area contributed by atoms with Gasteiger partial charge in [-0.1, -0.05) is 18.2 Å². The number of ether oxygens (including phenoxy) is 2. The van der Waals surface area contributed by atoms with E-state index in [0.717, 1.165) is 0 Å². The molecule has 0 aliphatic carbocycles. The molecule has 34 heavy (non-hydrogen) atoms. The second-order valence-corrected chi connectivity index (χ2v) is 7.68. The zero-order valence-electron chi connectivity index (χ0n) is 18.9. The molecule has 172 valence electrons. The van der Waals surface area contributed by atoms with Crippen LogP contribution >= 0.6 is 0 Å². The average molecular weight is 457 g/mol. The number of carbonyl (C=O) groups excluding carboxylic acids is 1. The van der Waals surface area contributed by atoms with Crippen LogP contribution in [0.15, 0.2) is 82.6 Å². The molecule has 9 heteroatoms. The third-order valence-electron chi connectivity index (χ3n) is 5.60. The van der Waals surface area contributed by atoms with E-state index in [-0.39, 0.29) is 5.91 Å². The van der Waals surface area contributed by atoms with Gasteiger partial charge >= 0.3 is 0 Å². The van der Waals surface area contributed by atoms with Crippen molar-refractivity contribution in [2.75, 3.05) is 24.9 Å². The van der Waals surface area contributed by atoms with Gasteiger partial charge < -0.3 is 24.5 Å². The van der Waals surface area contributed by atoms with Gasteiger partial charge in [0.15, 0.2) is 5.76 Å². The van der Waals surface area contributed by atoms with Gasteiger partial charge in [-0.2, -0.15) is 4.98 Å². The third kappa shape index (κ3) is 3.77. The van der Waals surface area contributed by atoms with Crippen molar-refractivity contribution in [1.82, 2.24) is 14.8 Å². The molecule has 5 rings (SSSR count). The van der Waals surface area contributed by atoms with E-state index >= 15 is 0 Å². The summed E-state index contributed by atoms with van der Waals surface area (Å²) in [4.78, 5) is 18.2. The Kier molecular flexibility index (Phi) is 5.51. The fraction of sp³-hybridized carbons (Fsp3) is 0.160. The van der Waals surface area contributed by atoms with Gasteiger partial charge in [-0.3, -0.25) is 4.79 Å². The molecule has 0 spiro atoms. The number of aromatic nitrogens is 3. The number of nitrogens with one attached hydrogen (secondary N) is 2. The molecule has 1 aliphatic rings. The standard InChI is InChI=1S/C25H23N5O4/c1-15-21(24(31)27-16-8-5-4-6-9-16)22(18-14-17(32-2)11-12-19(18)33-3)30-25(26-15)28-23(29-30)20-10-7-13-34-20/h4-14,22H,1-3H3,(H,27,31)(H,26,28,29). The van der Waals surface area contributed by atoms with Crippen molar-refractivity contribution >= 4 is 17.5 Å². The van der Waals surface area contributed by atoms with Gasteiger partial charge in [-0.05, 0) is 49.4 Å². The fourth-order valence-electron chi connectivity index (χ4n) is 4.02. The molecule has 1 unspecified atom stereocenters. The number of furan rings is 1. The van der Waals surface area contributed by atoms with Gasteiger partial charge in [0.2, 0.25) is 11.8 Å². The van der Waals surface area contributed by atoms with E-state index in [0.29, 0.717) is 51.6 Å². The summed E-state index contributed by atoms with van der Waals surface area (Å²) >= 11 is 0. The molecule has 0 saturated carbocycles. The van der Waals surface area contributed by atoms with E-state index in [1.165, 1.54) is 0 Å². The Hall–Kier alpha value is -4.53. The Morgan fingerprint density at radius 1 is 1.09 bits per heavy atom. The summed E-state index contributed by atoms with van der Waals surface area (Å²) in [5.74, 6) is 2.35. The molecule has 3 heterocycles. The van der Waals surface area contributed by atoms with E-state index in [1.807, 2.05) is 49.4 Å². The van der Waals surface area contributed by atoms with Crippen molar-refractivity contribution in [2.24, 2.45) is 0 Å². The van der Waals surface area contributed by atoms with Crippen molar-refractivity contribution in [3.05, 3.63) is 83.8 Å². The molecule has 0 bridgehead atoms. The quantitative estimate of drug-likeness (QED) is 0.440. The number of methoxy groups -OCH3 is 2. The third-order valence-corrected chi connectivity index (χ3v) is 5.60. The predicted octanol–water partition coefficient (Wildman–Crippen LogP) is 4.48. The molecule has 2 N–H and O–H groups in total. The van der Waals surface area contributed by atoms with Crippen molar-refractivity contribution in [3.8, 4) is 23.1 Å². The van der Waals surface area contributed by atoms with Crippen LogP contribution in [-0.4, -0.2) is 34.9 Å². The zero-order valence-corrected chi connectivity index (χ0v) is 18.9. The molecule has 0 saturated heterocycles. The van der Waals surface area contributed by atoms with Crippen LogP contribution in [0, 0.1) is 0 Å². The van der Waals surface area contributed by atoms with Gasteiger partial charge in [0.1, 0.15) is 17.5 Å². The topological polar surface area (TPSA) is 103 Å². The first kappa shape index (κ1) is 21.3. The van der Waals surface area contributed by atoms with Crippen molar-refractivity contribution in [3.63, 3.8) is 0 Å². The van der Waals surface area contributed by atoms with E-state index in [9.17, 15) is 4.79 Å². The van der Waals surface area contributed by atoms with Crippen LogP contribution in [0.5, 0.6) is 11.5 Å². The molecule has 2 aromatic carbocycles. The lowest BCUT2D eigenvalue weighted by atomic mass is 9.94. The second-order valence-electron chi connectivity index (χ2n) is 7.68. The van der Waals surface area contributed by atoms with Gasteiger partial charge in [-0.25, -0.2) is 4.68 Å². The normalized spacial score (nSPS) is 14.9. The first-order chi connectivity index (χ1) is 16.6. The molecule has 4 aromatic rings. The zero-order chi connectivity index (χ0) is 23.7. The summed E-state index contributed by atoms with van der Waals surface area (Å²) in [6, 6.07) is 17.7. The number of amides is 1. The predicted molar refractivity (Wildman–Crippen MR) is 127 cm³/mol. The van der Waals surface area contributed by atoms with Crippen LogP contribution in [0.2, 0.25) is 0 Å². The highest BCUT2D eigenvalue weighted by Crippen LogP contribution is 2.41. The highest BCUT2D eigenvalue weighted by Gasteiger charge is 2.36. The molecule has 2 aromatic heterocycles. The van der Waals surface area contributed by atoms with Gasteiger partial charge in [0.05, 0.1) is 26.1 Å². The fourth-order valence-corrected chi connectivity index (χ4v) is 4.02. The number of hydrogen-bond donors (Lipinski definition) is 2. The SMILES string of the molecule is COc1ccc(OC)c(C2C(C(=O)Nc3ccccc3)=C(C)Nc3nc(-c4ccco4)nn32)c1. The smallest absolute Gasteiger partial charge is 0.255 e. The second kappa shape index (κ2) is 8.78.